The minimum absolute atomic E-state index is 0.551. The van der Waals surface area contributed by atoms with Gasteiger partial charge in [0.25, 0.3) is 0 Å². The first-order chi connectivity index (χ1) is 7.61. The van der Waals surface area contributed by atoms with E-state index in [1.165, 1.54) is 0 Å². The summed E-state index contributed by atoms with van der Waals surface area (Å²) in [4.78, 5) is 4.50. The van der Waals surface area contributed by atoms with Crippen molar-refractivity contribution in [3.63, 3.8) is 0 Å². The number of fused-ring (bicyclic) bond motifs is 1. The third kappa shape index (κ3) is 2.08. The van der Waals surface area contributed by atoms with Crippen molar-refractivity contribution >= 4 is 39.8 Å². The highest BCUT2D eigenvalue weighted by Gasteiger charge is 2.08. The Bertz CT molecular complexity index is 538. The first kappa shape index (κ1) is 11.5. The number of benzene rings is 1. The van der Waals surface area contributed by atoms with E-state index in [1.54, 1.807) is 12.1 Å². The molecule has 0 fully saturated rings. The quantitative estimate of drug-likeness (QED) is 0.878. The average Bonchev–Trinajstić information content (AvgIpc) is 2.15. The van der Waals surface area contributed by atoms with Gasteiger partial charge in [0.05, 0.1) is 10.5 Å². The molecule has 4 heteroatoms. The van der Waals surface area contributed by atoms with Crippen LogP contribution >= 0.6 is 23.2 Å². The van der Waals surface area contributed by atoms with Crippen LogP contribution in [-0.4, -0.2) is 4.98 Å². The lowest BCUT2D eigenvalue weighted by Crippen LogP contribution is -1.96. The number of aromatic nitrogens is 1. The largest absolute Gasteiger partial charge is 0.398 e. The summed E-state index contributed by atoms with van der Waals surface area (Å²) in [6, 6.07) is 5.35. The van der Waals surface area contributed by atoms with Gasteiger partial charge in [0, 0.05) is 21.8 Å². The summed E-state index contributed by atoms with van der Waals surface area (Å²) in [5.74, 6) is 0. The Labute approximate surface area is 104 Å². The van der Waals surface area contributed by atoms with E-state index in [9.17, 15) is 0 Å². The van der Waals surface area contributed by atoms with E-state index in [4.69, 9.17) is 28.9 Å². The van der Waals surface area contributed by atoms with Crippen LogP contribution in [0.25, 0.3) is 10.9 Å². The molecule has 0 aliphatic heterocycles. The molecule has 0 bridgehead atoms. The smallest absolute Gasteiger partial charge is 0.0755 e. The van der Waals surface area contributed by atoms with Gasteiger partial charge in [-0.15, -0.1) is 0 Å². The first-order valence-electron chi connectivity index (χ1n) is 5.16. The summed E-state index contributed by atoms with van der Waals surface area (Å²) in [5, 5.41) is 1.92. The zero-order valence-corrected chi connectivity index (χ0v) is 10.4. The molecule has 0 saturated heterocycles. The molecule has 2 rings (SSSR count). The van der Waals surface area contributed by atoms with E-state index in [0.29, 0.717) is 15.7 Å². The SMILES string of the molecule is CCCc1cc(N)c2c(Cl)cc(Cl)cc2n1. The molecule has 0 spiro atoms. The number of hydrogen-bond acceptors (Lipinski definition) is 2. The maximum Gasteiger partial charge on any atom is 0.0755 e. The molecule has 0 atom stereocenters. The van der Waals surface area contributed by atoms with E-state index in [1.807, 2.05) is 6.07 Å². The normalized spacial score (nSPS) is 10.9. The van der Waals surface area contributed by atoms with Crippen LogP contribution < -0.4 is 5.73 Å². The molecule has 0 unspecified atom stereocenters. The van der Waals surface area contributed by atoms with E-state index in [2.05, 4.69) is 11.9 Å². The van der Waals surface area contributed by atoms with Crippen molar-refractivity contribution in [1.29, 1.82) is 0 Å². The fourth-order valence-electron chi connectivity index (χ4n) is 1.76. The Morgan fingerprint density at radius 2 is 2.00 bits per heavy atom. The highest BCUT2D eigenvalue weighted by Crippen LogP contribution is 2.31. The Morgan fingerprint density at radius 1 is 1.25 bits per heavy atom. The second kappa shape index (κ2) is 4.48. The number of halogens is 2. The molecule has 0 aliphatic carbocycles. The van der Waals surface area contributed by atoms with Gasteiger partial charge in [-0.1, -0.05) is 36.5 Å². The van der Waals surface area contributed by atoms with Crippen LogP contribution in [0.3, 0.4) is 0 Å². The first-order valence-corrected chi connectivity index (χ1v) is 5.91. The number of nitrogens with two attached hydrogens (primary N) is 1. The van der Waals surface area contributed by atoms with Gasteiger partial charge in [0.2, 0.25) is 0 Å². The topological polar surface area (TPSA) is 38.9 Å². The lowest BCUT2D eigenvalue weighted by Gasteiger charge is -2.07. The molecule has 2 N–H and O–H groups in total. The van der Waals surface area contributed by atoms with Gasteiger partial charge in [-0.05, 0) is 24.6 Å². The molecular formula is C12H12Cl2N2. The molecule has 1 heterocycles. The molecule has 2 nitrogen and oxygen atoms in total. The summed E-state index contributed by atoms with van der Waals surface area (Å²) < 4.78 is 0. The van der Waals surface area contributed by atoms with Gasteiger partial charge in [-0.2, -0.15) is 0 Å². The number of hydrogen-bond donors (Lipinski definition) is 1. The Hall–Kier alpha value is -0.990. The van der Waals surface area contributed by atoms with Crippen molar-refractivity contribution in [3.8, 4) is 0 Å². The second-order valence-corrected chi connectivity index (χ2v) is 4.58. The number of nitrogens with zero attached hydrogens (tertiary/aromatic N) is 1. The van der Waals surface area contributed by atoms with Crippen LogP contribution in [0.15, 0.2) is 18.2 Å². The Kier molecular flexibility index (Phi) is 3.22. The maximum atomic E-state index is 6.09. The van der Waals surface area contributed by atoms with Crippen LogP contribution in [0, 0.1) is 0 Å². The minimum Gasteiger partial charge on any atom is -0.398 e. The number of rotatable bonds is 2. The van der Waals surface area contributed by atoms with Gasteiger partial charge in [-0.25, -0.2) is 0 Å². The average molecular weight is 255 g/mol. The van der Waals surface area contributed by atoms with Crippen LogP contribution in [0.4, 0.5) is 5.69 Å². The number of pyridine rings is 1. The molecule has 0 saturated carbocycles. The summed E-state index contributed by atoms with van der Waals surface area (Å²) in [5.41, 5.74) is 8.38. The molecule has 0 radical (unpaired) electrons. The monoisotopic (exact) mass is 254 g/mol. The van der Waals surface area contributed by atoms with Crippen LogP contribution in [0.2, 0.25) is 10.0 Å². The number of anilines is 1. The third-order valence-electron chi connectivity index (χ3n) is 2.42. The highest BCUT2D eigenvalue weighted by molar-refractivity contribution is 6.39. The van der Waals surface area contributed by atoms with Crippen molar-refractivity contribution in [3.05, 3.63) is 33.9 Å². The lowest BCUT2D eigenvalue weighted by molar-refractivity contribution is 0.890. The highest BCUT2D eigenvalue weighted by atomic mass is 35.5. The van der Waals surface area contributed by atoms with E-state index in [-0.39, 0.29) is 0 Å². The van der Waals surface area contributed by atoms with Crippen LogP contribution in [0.1, 0.15) is 19.0 Å². The zero-order valence-electron chi connectivity index (χ0n) is 8.93. The van der Waals surface area contributed by atoms with E-state index in [0.717, 1.165) is 29.4 Å². The third-order valence-corrected chi connectivity index (χ3v) is 2.93. The number of nitrogen functional groups attached to an aromatic ring is 1. The molecule has 1 aromatic heterocycles. The Morgan fingerprint density at radius 3 is 2.69 bits per heavy atom. The predicted molar refractivity (Wildman–Crippen MR) is 70.2 cm³/mol. The van der Waals surface area contributed by atoms with Crippen molar-refractivity contribution in [1.82, 2.24) is 4.98 Å². The zero-order chi connectivity index (χ0) is 11.7. The summed E-state index contributed by atoms with van der Waals surface area (Å²) in [7, 11) is 0. The van der Waals surface area contributed by atoms with Gasteiger partial charge in [0.1, 0.15) is 0 Å². The predicted octanol–water partition coefficient (Wildman–Crippen LogP) is 4.08. The molecule has 2 aromatic rings. The van der Waals surface area contributed by atoms with Crippen LogP contribution in [-0.2, 0) is 6.42 Å². The second-order valence-electron chi connectivity index (χ2n) is 3.73. The van der Waals surface area contributed by atoms with E-state index < -0.39 is 0 Å². The summed E-state index contributed by atoms with van der Waals surface area (Å²) in [6.45, 7) is 2.10. The maximum absolute atomic E-state index is 6.09. The number of aryl methyl sites for hydroxylation is 1. The van der Waals surface area contributed by atoms with Crippen LogP contribution in [0.5, 0.6) is 0 Å². The van der Waals surface area contributed by atoms with Gasteiger partial charge >= 0.3 is 0 Å². The Balaban J connectivity index is 2.71. The summed E-state index contributed by atoms with van der Waals surface area (Å²) >= 11 is 12.0. The summed E-state index contributed by atoms with van der Waals surface area (Å²) in [6.07, 6.45) is 1.94. The molecule has 1 aromatic carbocycles. The molecular weight excluding hydrogens is 243 g/mol. The standard InChI is InChI=1S/C12H12Cl2N2/c1-2-3-8-6-10(15)12-9(14)4-7(13)5-11(12)16-8/h4-6H,2-3H2,1H3,(H2,15,16). The molecule has 0 aliphatic rings. The van der Waals surface area contributed by atoms with Gasteiger partial charge in [-0.3, -0.25) is 4.98 Å². The van der Waals surface area contributed by atoms with Crippen molar-refractivity contribution in [2.45, 2.75) is 19.8 Å². The fourth-order valence-corrected chi connectivity index (χ4v) is 2.35. The van der Waals surface area contributed by atoms with Crippen molar-refractivity contribution < 1.29 is 0 Å². The van der Waals surface area contributed by atoms with E-state index >= 15 is 0 Å². The van der Waals surface area contributed by atoms with Gasteiger partial charge < -0.3 is 5.73 Å². The van der Waals surface area contributed by atoms with Gasteiger partial charge in [0.15, 0.2) is 0 Å². The molecule has 16 heavy (non-hydrogen) atoms. The molecule has 0 amide bonds. The van der Waals surface area contributed by atoms with Crippen molar-refractivity contribution in [2.75, 3.05) is 5.73 Å². The molecule has 84 valence electrons. The van der Waals surface area contributed by atoms with Crippen molar-refractivity contribution in [2.24, 2.45) is 0 Å². The fraction of sp³-hybridized carbons (Fsp3) is 0.250. The lowest BCUT2D eigenvalue weighted by atomic mass is 10.1. The minimum atomic E-state index is 0.551.